The Balaban J connectivity index is 1.47. The fraction of sp³-hybridized carbons (Fsp3) is 0.412. The molecule has 2 aliphatic heterocycles. The summed E-state index contributed by atoms with van der Waals surface area (Å²) >= 11 is 0. The first-order valence-electron chi connectivity index (χ1n) is 8.49. The lowest BCUT2D eigenvalue weighted by Crippen LogP contribution is -2.31. The maximum Gasteiger partial charge on any atom is 0.243 e. The zero-order valence-corrected chi connectivity index (χ0v) is 15.5. The van der Waals surface area contributed by atoms with Crippen molar-refractivity contribution >= 4 is 10.0 Å². The van der Waals surface area contributed by atoms with Crippen molar-refractivity contribution in [2.45, 2.75) is 17.4 Å². The number of fused-ring (bicyclic) bond motifs is 1. The average Bonchev–Trinajstić information content (AvgIpc) is 3.17. The second kappa shape index (κ2) is 7.20. The maximum atomic E-state index is 12.9. The molecule has 1 aromatic heterocycles. The molecular formula is C17H19N3O6S. The molecule has 9 nitrogen and oxygen atoms in total. The molecule has 0 saturated carbocycles. The fourth-order valence-electron chi connectivity index (χ4n) is 3.00. The maximum absolute atomic E-state index is 12.9. The number of benzene rings is 1. The monoisotopic (exact) mass is 393 g/mol. The van der Waals surface area contributed by atoms with Gasteiger partial charge in [-0.25, -0.2) is 8.42 Å². The van der Waals surface area contributed by atoms with Crippen LogP contribution in [0.1, 0.15) is 6.42 Å². The summed E-state index contributed by atoms with van der Waals surface area (Å²) in [7, 11) is -2.16. The average molecular weight is 393 g/mol. The number of hydrogen-bond acceptors (Lipinski definition) is 8. The van der Waals surface area contributed by atoms with Crippen LogP contribution in [0.2, 0.25) is 0 Å². The number of rotatable bonds is 5. The SMILES string of the molecule is COc1cncc(OC2CCN(S(=O)(=O)c3ccc4c(c3)OCCO4)C2)n1. The van der Waals surface area contributed by atoms with Crippen molar-refractivity contribution in [1.29, 1.82) is 0 Å². The van der Waals surface area contributed by atoms with Crippen LogP contribution in [0.4, 0.5) is 0 Å². The third-order valence-corrected chi connectivity index (χ3v) is 6.21. The molecule has 2 aromatic rings. The summed E-state index contributed by atoms with van der Waals surface area (Å²) in [4.78, 5) is 8.30. The largest absolute Gasteiger partial charge is 0.486 e. The highest BCUT2D eigenvalue weighted by Crippen LogP contribution is 2.34. The molecule has 1 saturated heterocycles. The molecule has 1 aromatic carbocycles. The standard InChI is InChI=1S/C17H19N3O6S/c1-23-16-9-18-10-17(19-16)26-12-4-5-20(11-12)27(21,22)13-2-3-14-15(8-13)25-7-6-24-14/h2-3,8-10,12H,4-7,11H2,1H3. The van der Waals surface area contributed by atoms with Crippen LogP contribution >= 0.6 is 0 Å². The summed E-state index contributed by atoms with van der Waals surface area (Å²) in [6.07, 6.45) is 3.20. The summed E-state index contributed by atoms with van der Waals surface area (Å²) in [6.45, 7) is 1.45. The van der Waals surface area contributed by atoms with E-state index in [4.69, 9.17) is 18.9 Å². The molecular weight excluding hydrogens is 374 g/mol. The Morgan fingerprint density at radius 1 is 1.15 bits per heavy atom. The van der Waals surface area contributed by atoms with Crippen molar-refractivity contribution in [3.05, 3.63) is 30.6 Å². The van der Waals surface area contributed by atoms with Crippen LogP contribution in [0.5, 0.6) is 23.3 Å². The lowest BCUT2D eigenvalue weighted by atomic mass is 10.3. The van der Waals surface area contributed by atoms with E-state index in [1.807, 2.05) is 0 Å². The third kappa shape index (κ3) is 3.62. The molecule has 27 heavy (non-hydrogen) atoms. The molecule has 2 aliphatic rings. The van der Waals surface area contributed by atoms with Crippen LogP contribution in [0, 0.1) is 0 Å². The van der Waals surface area contributed by atoms with Gasteiger partial charge in [-0.1, -0.05) is 0 Å². The van der Waals surface area contributed by atoms with E-state index >= 15 is 0 Å². The molecule has 0 N–H and O–H groups in total. The number of nitrogens with zero attached hydrogens (tertiary/aromatic N) is 3. The Kier molecular flexibility index (Phi) is 4.75. The van der Waals surface area contributed by atoms with Gasteiger partial charge in [0.15, 0.2) is 11.5 Å². The molecule has 4 rings (SSSR count). The summed E-state index contributed by atoms with van der Waals surface area (Å²) < 4.78 is 49.0. The molecule has 3 heterocycles. The Bertz CT molecular complexity index is 936. The molecule has 0 radical (unpaired) electrons. The predicted octanol–water partition coefficient (Wildman–Crippen LogP) is 1.10. The van der Waals surface area contributed by atoms with Crippen molar-refractivity contribution in [1.82, 2.24) is 14.3 Å². The number of methoxy groups -OCH3 is 1. The molecule has 0 aliphatic carbocycles. The Morgan fingerprint density at radius 2 is 1.93 bits per heavy atom. The molecule has 1 fully saturated rings. The Labute approximate surface area is 156 Å². The summed E-state index contributed by atoms with van der Waals surface area (Å²) in [5.41, 5.74) is 0. The predicted molar refractivity (Wildman–Crippen MR) is 93.8 cm³/mol. The lowest BCUT2D eigenvalue weighted by molar-refractivity contribution is 0.171. The summed E-state index contributed by atoms with van der Waals surface area (Å²) in [6, 6.07) is 4.66. The highest BCUT2D eigenvalue weighted by atomic mass is 32.2. The van der Waals surface area contributed by atoms with Crippen LogP contribution in [0.3, 0.4) is 0 Å². The van der Waals surface area contributed by atoms with Crippen LogP contribution in [0.25, 0.3) is 0 Å². The molecule has 1 unspecified atom stereocenters. The zero-order valence-electron chi connectivity index (χ0n) is 14.7. The van der Waals surface area contributed by atoms with E-state index in [1.165, 1.54) is 35.9 Å². The van der Waals surface area contributed by atoms with E-state index < -0.39 is 10.0 Å². The van der Waals surface area contributed by atoms with Gasteiger partial charge in [0.25, 0.3) is 0 Å². The summed E-state index contributed by atoms with van der Waals surface area (Å²) in [5.74, 6) is 1.64. The van der Waals surface area contributed by atoms with E-state index in [1.54, 1.807) is 6.07 Å². The lowest BCUT2D eigenvalue weighted by Gasteiger charge is -2.21. The van der Waals surface area contributed by atoms with Gasteiger partial charge in [0.1, 0.15) is 19.3 Å². The Hall–Kier alpha value is -2.59. The van der Waals surface area contributed by atoms with Gasteiger partial charge < -0.3 is 18.9 Å². The van der Waals surface area contributed by atoms with Crippen molar-refractivity contribution in [3.63, 3.8) is 0 Å². The number of ether oxygens (including phenoxy) is 4. The van der Waals surface area contributed by atoms with Gasteiger partial charge in [0.05, 0.1) is 30.9 Å². The normalized spacial score (nSPS) is 19.7. The van der Waals surface area contributed by atoms with E-state index in [9.17, 15) is 8.42 Å². The van der Waals surface area contributed by atoms with Crippen LogP contribution in [-0.2, 0) is 10.0 Å². The first-order chi connectivity index (χ1) is 13.1. The molecule has 0 amide bonds. The van der Waals surface area contributed by atoms with Crippen LogP contribution in [-0.4, -0.2) is 62.2 Å². The fourth-order valence-corrected chi connectivity index (χ4v) is 4.50. The van der Waals surface area contributed by atoms with Gasteiger partial charge in [0, 0.05) is 12.6 Å². The molecule has 0 spiro atoms. The van der Waals surface area contributed by atoms with Gasteiger partial charge in [-0.3, -0.25) is 4.98 Å². The minimum atomic E-state index is -3.65. The molecule has 0 bridgehead atoms. The van der Waals surface area contributed by atoms with Crippen molar-refractivity contribution in [3.8, 4) is 23.3 Å². The number of aromatic nitrogens is 2. The molecule has 10 heteroatoms. The van der Waals surface area contributed by atoms with Gasteiger partial charge in [-0.05, 0) is 18.6 Å². The first-order valence-corrected chi connectivity index (χ1v) is 9.93. The second-order valence-corrected chi connectivity index (χ2v) is 8.03. The zero-order chi connectivity index (χ0) is 18.9. The molecule has 1 atom stereocenters. The number of hydrogen-bond donors (Lipinski definition) is 0. The molecule has 144 valence electrons. The van der Waals surface area contributed by atoms with Gasteiger partial charge >= 0.3 is 0 Å². The van der Waals surface area contributed by atoms with Crippen molar-refractivity contribution in [2.24, 2.45) is 0 Å². The van der Waals surface area contributed by atoms with Gasteiger partial charge in [0.2, 0.25) is 21.8 Å². The highest BCUT2D eigenvalue weighted by molar-refractivity contribution is 7.89. The minimum absolute atomic E-state index is 0.175. The van der Waals surface area contributed by atoms with E-state index in [2.05, 4.69) is 9.97 Å². The van der Waals surface area contributed by atoms with Gasteiger partial charge in [-0.15, -0.1) is 0 Å². The van der Waals surface area contributed by atoms with Crippen molar-refractivity contribution < 1.29 is 27.4 Å². The van der Waals surface area contributed by atoms with Crippen LogP contribution in [0.15, 0.2) is 35.5 Å². The topological polar surface area (TPSA) is 100 Å². The minimum Gasteiger partial charge on any atom is -0.486 e. The van der Waals surface area contributed by atoms with E-state index in [0.717, 1.165) is 0 Å². The summed E-state index contributed by atoms with van der Waals surface area (Å²) in [5, 5.41) is 0. The third-order valence-electron chi connectivity index (χ3n) is 4.35. The smallest absolute Gasteiger partial charge is 0.243 e. The van der Waals surface area contributed by atoms with Gasteiger partial charge in [-0.2, -0.15) is 9.29 Å². The second-order valence-electron chi connectivity index (χ2n) is 6.10. The van der Waals surface area contributed by atoms with Crippen molar-refractivity contribution in [2.75, 3.05) is 33.4 Å². The highest BCUT2D eigenvalue weighted by Gasteiger charge is 2.34. The van der Waals surface area contributed by atoms with E-state index in [0.29, 0.717) is 49.4 Å². The van der Waals surface area contributed by atoms with E-state index in [-0.39, 0.29) is 17.5 Å². The number of sulfonamides is 1. The van der Waals surface area contributed by atoms with Crippen LogP contribution < -0.4 is 18.9 Å². The first kappa shape index (κ1) is 17.8. The quantitative estimate of drug-likeness (QED) is 0.744. The Morgan fingerprint density at radius 3 is 2.74 bits per heavy atom.